The van der Waals surface area contributed by atoms with Gasteiger partial charge >= 0.3 is 5.97 Å². The van der Waals surface area contributed by atoms with Crippen molar-refractivity contribution in [2.45, 2.75) is 12.8 Å². The van der Waals surface area contributed by atoms with Crippen LogP contribution in [0.4, 0.5) is 10.1 Å². The number of fused-ring (bicyclic) bond motifs is 1. The van der Waals surface area contributed by atoms with Crippen molar-refractivity contribution in [2.75, 3.05) is 11.4 Å². The first-order chi connectivity index (χ1) is 7.58. The first-order valence-electron chi connectivity index (χ1n) is 4.88. The summed E-state index contributed by atoms with van der Waals surface area (Å²) in [7, 11) is 0. The molecule has 16 heavy (non-hydrogen) atoms. The summed E-state index contributed by atoms with van der Waals surface area (Å²) in [4.78, 5) is 23.3. The van der Waals surface area contributed by atoms with E-state index in [1.807, 2.05) is 0 Å². The summed E-state index contributed by atoms with van der Waals surface area (Å²) in [5, 5.41) is 8.69. The Hall–Kier alpha value is -1.91. The van der Waals surface area contributed by atoms with Crippen LogP contribution in [0.2, 0.25) is 0 Å². The maximum atomic E-state index is 13.0. The number of carboxylic acid groups (broad SMARTS) is 1. The lowest BCUT2D eigenvalue weighted by Gasteiger charge is -2.27. The highest BCUT2D eigenvalue weighted by Gasteiger charge is 2.25. The summed E-state index contributed by atoms with van der Waals surface area (Å²) in [6.45, 7) is -0.421. The number of carbonyl (C=O) groups is 2. The minimum Gasteiger partial charge on any atom is -0.480 e. The predicted octanol–water partition coefficient (Wildman–Crippen LogP) is 1.19. The van der Waals surface area contributed by atoms with Crippen LogP contribution in [-0.4, -0.2) is 23.5 Å². The molecule has 1 aliphatic rings. The Morgan fingerprint density at radius 2 is 2.19 bits per heavy atom. The van der Waals surface area contributed by atoms with Crippen LogP contribution in [0.5, 0.6) is 0 Å². The van der Waals surface area contributed by atoms with Gasteiger partial charge in [0.25, 0.3) is 0 Å². The molecule has 0 atom stereocenters. The summed E-state index contributed by atoms with van der Waals surface area (Å²) in [6.07, 6.45) is 0.802. The summed E-state index contributed by atoms with van der Waals surface area (Å²) in [5.74, 6) is -1.85. The quantitative estimate of drug-likeness (QED) is 0.819. The van der Waals surface area contributed by atoms with Crippen molar-refractivity contribution in [3.63, 3.8) is 0 Å². The second-order valence-corrected chi connectivity index (χ2v) is 3.65. The monoisotopic (exact) mass is 223 g/mol. The number of aliphatic carboxylic acids is 1. The minimum absolute atomic E-state index is 0.270. The lowest BCUT2D eigenvalue weighted by molar-refractivity contribution is -0.136. The van der Waals surface area contributed by atoms with Crippen molar-refractivity contribution in [2.24, 2.45) is 0 Å². The number of nitrogens with zero attached hydrogens (tertiary/aromatic N) is 1. The summed E-state index contributed by atoms with van der Waals surface area (Å²) < 4.78 is 13.0. The number of hydrogen-bond donors (Lipinski definition) is 1. The van der Waals surface area contributed by atoms with Crippen molar-refractivity contribution in [3.8, 4) is 0 Å². The van der Waals surface area contributed by atoms with Crippen LogP contribution in [-0.2, 0) is 16.0 Å². The SMILES string of the molecule is O=C(O)CN1C(=O)CCc2ccc(F)cc21. The number of benzene rings is 1. The Morgan fingerprint density at radius 1 is 1.44 bits per heavy atom. The van der Waals surface area contributed by atoms with E-state index in [1.165, 1.54) is 12.1 Å². The average molecular weight is 223 g/mol. The van der Waals surface area contributed by atoms with Crippen LogP contribution in [0, 0.1) is 5.82 Å². The van der Waals surface area contributed by atoms with Gasteiger partial charge in [0.05, 0.1) is 5.69 Å². The van der Waals surface area contributed by atoms with Crippen LogP contribution in [0.25, 0.3) is 0 Å². The third kappa shape index (κ3) is 1.88. The fourth-order valence-corrected chi connectivity index (χ4v) is 1.82. The molecule has 0 radical (unpaired) electrons. The molecule has 1 amide bonds. The van der Waals surface area contributed by atoms with Gasteiger partial charge in [0.1, 0.15) is 12.4 Å². The maximum absolute atomic E-state index is 13.0. The van der Waals surface area contributed by atoms with Crippen LogP contribution in [0.3, 0.4) is 0 Å². The molecule has 1 N–H and O–H groups in total. The highest BCUT2D eigenvalue weighted by atomic mass is 19.1. The lowest BCUT2D eigenvalue weighted by atomic mass is 10.0. The van der Waals surface area contributed by atoms with E-state index >= 15 is 0 Å². The third-order valence-electron chi connectivity index (χ3n) is 2.54. The van der Waals surface area contributed by atoms with Crippen LogP contribution in [0.1, 0.15) is 12.0 Å². The van der Waals surface area contributed by atoms with E-state index in [2.05, 4.69) is 0 Å². The minimum atomic E-state index is -1.11. The average Bonchev–Trinajstić information content (AvgIpc) is 2.22. The molecule has 0 fully saturated rings. The number of carbonyl (C=O) groups excluding carboxylic acids is 1. The van der Waals surface area contributed by atoms with Crippen LogP contribution in [0.15, 0.2) is 18.2 Å². The number of anilines is 1. The lowest BCUT2D eigenvalue weighted by Crippen LogP contribution is -2.39. The standard InChI is InChI=1S/C11H10FNO3/c12-8-3-1-7-2-4-10(14)13(6-11(15)16)9(7)5-8/h1,3,5H,2,4,6H2,(H,15,16). The van der Waals surface area contributed by atoms with Crippen LogP contribution >= 0.6 is 0 Å². The van der Waals surface area contributed by atoms with E-state index in [0.717, 1.165) is 10.5 Å². The molecule has 84 valence electrons. The van der Waals surface area contributed by atoms with Gasteiger partial charge in [0, 0.05) is 6.42 Å². The Kier molecular flexibility index (Phi) is 2.60. The first kappa shape index (κ1) is 10.6. The van der Waals surface area contributed by atoms with Crippen molar-refractivity contribution >= 4 is 17.6 Å². The van der Waals surface area contributed by atoms with Gasteiger partial charge in [-0.2, -0.15) is 0 Å². The van der Waals surface area contributed by atoms with E-state index in [1.54, 1.807) is 6.07 Å². The van der Waals surface area contributed by atoms with Crippen molar-refractivity contribution in [1.82, 2.24) is 0 Å². The van der Waals surface area contributed by atoms with E-state index < -0.39 is 18.3 Å². The number of hydrogen-bond acceptors (Lipinski definition) is 2. The molecule has 0 aliphatic carbocycles. The molecule has 0 spiro atoms. The maximum Gasteiger partial charge on any atom is 0.323 e. The summed E-state index contributed by atoms with van der Waals surface area (Å²) >= 11 is 0. The topological polar surface area (TPSA) is 57.6 Å². The molecule has 2 rings (SSSR count). The van der Waals surface area contributed by atoms with E-state index in [9.17, 15) is 14.0 Å². The molecule has 0 saturated carbocycles. The molecule has 5 heteroatoms. The van der Waals surface area contributed by atoms with Gasteiger partial charge in [-0.15, -0.1) is 0 Å². The van der Waals surface area contributed by atoms with Gasteiger partial charge in [-0.05, 0) is 24.1 Å². The third-order valence-corrected chi connectivity index (χ3v) is 2.54. The molecule has 0 saturated heterocycles. The van der Waals surface area contributed by atoms with Gasteiger partial charge in [-0.3, -0.25) is 9.59 Å². The van der Waals surface area contributed by atoms with E-state index in [-0.39, 0.29) is 12.3 Å². The molecular weight excluding hydrogens is 213 g/mol. The molecule has 1 aliphatic heterocycles. The molecule has 1 heterocycles. The number of amides is 1. The Morgan fingerprint density at radius 3 is 2.88 bits per heavy atom. The molecule has 0 bridgehead atoms. The van der Waals surface area contributed by atoms with Crippen molar-refractivity contribution < 1.29 is 19.1 Å². The van der Waals surface area contributed by atoms with E-state index in [4.69, 9.17) is 5.11 Å². The number of rotatable bonds is 2. The zero-order valence-corrected chi connectivity index (χ0v) is 8.44. The van der Waals surface area contributed by atoms with Gasteiger partial charge in [0.15, 0.2) is 0 Å². The van der Waals surface area contributed by atoms with Gasteiger partial charge in [-0.25, -0.2) is 4.39 Å². The van der Waals surface area contributed by atoms with Gasteiger partial charge in [-0.1, -0.05) is 6.07 Å². The zero-order valence-electron chi connectivity index (χ0n) is 8.44. The Labute approximate surface area is 91.3 Å². The number of halogens is 1. The zero-order chi connectivity index (χ0) is 11.7. The van der Waals surface area contributed by atoms with Crippen molar-refractivity contribution in [1.29, 1.82) is 0 Å². The molecule has 0 unspecified atom stereocenters. The largest absolute Gasteiger partial charge is 0.480 e. The normalized spacial score (nSPS) is 14.8. The summed E-state index contributed by atoms with van der Waals surface area (Å²) in [6, 6.07) is 4.11. The molecule has 1 aromatic rings. The second kappa shape index (κ2) is 3.92. The van der Waals surface area contributed by atoms with Crippen molar-refractivity contribution in [3.05, 3.63) is 29.6 Å². The van der Waals surface area contributed by atoms with E-state index in [0.29, 0.717) is 12.1 Å². The Balaban J connectivity index is 2.42. The molecule has 1 aromatic carbocycles. The molecule has 0 aromatic heterocycles. The number of carboxylic acids is 1. The Bertz CT molecular complexity index is 459. The highest BCUT2D eigenvalue weighted by Crippen LogP contribution is 2.28. The summed E-state index contributed by atoms with van der Waals surface area (Å²) in [5.41, 5.74) is 1.18. The van der Waals surface area contributed by atoms with Gasteiger partial charge < -0.3 is 10.0 Å². The second-order valence-electron chi connectivity index (χ2n) is 3.65. The highest BCUT2D eigenvalue weighted by molar-refractivity contribution is 5.99. The molecular formula is C11H10FNO3. The molecule has 4 nitrogen and oxygen atoms in total. The fourth-order valence-electron chi connectivity index (χ4n) is 1.82. The smallest absolute Gasteiger partial charge is 0.323 e. The van der Waals surface area contributed by atoms with Crippen LogP contribution < -0.4 is 4.90 Å². The van der Waals surface area contributed by atoms with Gasteiger partial charge in [0.2, 0.25) is 5.91 Å². The fraction of sp³-hybridized carbons (Fsp3) is 0.273. The predicted molar refractivity (Wildman–Crippen MR) is 54.7 cm³/mol. The first-order valence-corrected chi connectivity index (χ1v) is 4.88. The number of aryl methyl sites for hydroxylation is 1.